The van der Waals surface area contributed by atoms with Crippen LogP contribution < -0.4 is 35.2 Å². The normalized spacial score (nSPS) is 26.6. The second-order valence-electron chi connectivity index (χ2n) is 15.3. The van der Waals surface area contributed by atoms with Crippen LogP contribution in [-0.2, 0) is 19.1 Å². The van der Waals surface area contributed by atoms with Crippen molar-refractivity contribution < 1.29 is 63.2 Å². The third-order valence-corrected chi connectivity index (χ3v) is 11.5. The molecule has 1 aromatic heterocycles. The fraction of sp³-hybridized carbons (Fsp3) is 0.333. The van der Waals surface area contributed by atoms with Crippen LogP contribution in [0.15, 0.2) is 85.1 Å². The highest BCUT2D eigenvalue weighted by atomic mass is 16.7. The quantitative estimate of drug-likeness (QED) is 0.0462. The first-order valence-electron chi connectivity index (χ1n) is 19.8. The molecule has 1 saturated heterocycles. The van der Waals surface area contributed by atoms with Crippen molar-refractivity contribution >= 4 is 22.8 Å². The average molecular weight is 834 g/mol. The summed E-state index contributed by atoms with van der Waals surface area (Å²) in [5.41, 5.74) is 16.6. The van der Waals surface area contributed by atoms with Gasteiger partial charge in [0.15, 0.2) is 17.6 Å². The van der Waals surface area contributed by atoms with Crippen LogP contribution in [0.25, 0.3) is 22.0 Å². The molecule has 1 fully saturated rings. The molecular weight excluding hydrogens is 791 g/mol. The van der Waals surface area contributed by atoms with E-state index in [-0.39, 0.29) is 5.75 Å². The summed E-state index contributed by atoms with van der Waals surface area (Å²) in [4.78, 5) is 27.0. The molecule has 5 heterocycles. The van der Waals surface area contributed by atoms with E-state index in [2.05, 4.69) is 16.8 Å². The molecule has 9 N–H and O–H groups in total. The molecule has 9 rings (SSSR count). The maximum atomic E-state index is 12.4. The fourth-order valence-electron chi connectivity index (χ4n) is 8.73. The minimum atomic E-state index is -1.90. The summed E-state index contributed by atoms with van der Waals surface area (Å²) in [6, 6.07) is 24.8. The zero-order chi connectivity index (χ0) is 42.5. The number of nitrogens with two attached hydrogens (primary N) is 2. The van der Waals surface area contributed by atoms with Crippen LogP contribution in [0.3, 0.4) is 0 Å². The zero-order valence-electron chi connectivity index (χ0n) is 32.7. The average Bonchev–Trinajstić information content (AvgIpc) is 3.86. The Bertz CT molecular complexity index is 2530. The Morgan fingerprint density at radius 1 is 0.934 bits per heavy atom. The molecular formula is C45H43N3O13. The van der Waals surface area contributed by atoms with E-state index in [9.17, 15) is 24.9 Å². The number of ether oxygens (including phenoxy) is 7. The van der Waals surface area contributed by atoms with Crippen LogP contribution in [0.4, 0.5) is 0 Å². The lowest BCUT2D eigenvalue weighted by Crippen LogP contribution is -2.66. The van der Waals surface area contributed by atoms with Gasteiger partial charge in [0.2, 0.25) is 12.0 Å². The Kier molecular flexibility index (Phi) is 10.7. The van der Waals surface area contributed by atoms with Crippen LogP contribution >= 0.6 is 0 Å². The van der Waals surface area contributed by atoms with E-state index >= 15 is 0 Å². The second-order valence-corrected chi connectivity index (χ2v) is 15.3. The molecule has 0 unspecified atom stereocenters. The number of para-hydroxylation sites is 1. The predicted molar refractivity (Wildman–Crippen MR) is 216 cm³/mol. The molecule has 10 atom stereocenters. The third-order valence-electron chi connectivity index (χ3n) is 11.5. The molecule has 316 valence electrons. The van der Waals surface area contributed by atoms with E-state index in [1.165, 1.54) is 0 Å². The number of benzene rings is 4. The van der Waals surface area contributed by atoms with Crippen LogP contribution in [0.1, 0.15) is 47.5 Å². The largest absolute Gasteiger partial charge is 0.493 e. The predicted octanol–water partition coefficient (Wildman–Crippen LogP) is 3.21. The van der Waals surface area contributed by atoms with Crippen molar-refractivity contribution in [1.82, 2.24) is 4.98 Å². The van der Waals surface area contributed by atoms with Crippen LogP contribution in [0.5, 0.6) is 28.7 Å². The zero-order valence-corrected chi connectivity index (χ0v) is 32.7. The number of aliphatic hydroxyl groups is 3. The number of aromatic nitrogens is 1. The molecule has 4 bridgehead atoms. The Morgan fingerprint density at radius 3 is 2.49 bits per heavy atom. The van der Waals surface area contributed by atoms with Gasteiger partial charge in [-0.2, -0.15) is 0 Å². The first kappa shape index (κ1) is 40.1. The Balaban J connectivity index is 1.19. The number of methoxy groups -OCH3 is 1. The van der Waals surface area contributed by atoms with Gasteiger partial charge in [-0.25, -0.2) is 0 Å². The number of fused-ring (bicyclic) bond motifs is 3. The van der Waals surface area contributed by atoms with Gasteiger partial charge in [-0.3, -0.25) is 9.59 Å². The number of carbonyl (C=O) groups excluding carboxylic acids is 1. The monoisotopic (exact) mass is 833 g/mol. The number of hydrogen-bond acceptors (Lipinski definition) is 14. The van der Waals surface area contributed by atoms with Gasteiger partial charge in [-0.05, 0) is 29.3 Å². The Morgan fingerprint density at radius 2 is 1.72 bits per heavy atom. The first-order valence-corrected chi connectivity index (χ1v) is 19.8. The molecule has 0 saturated carbocycles. The summed E-state index contributed by atoms with van der Waals surface area (Å²) >= 11 is 0. The van der Waals surface area contributed by atoms with Crippen molar-refractivity contribution in [1.29, 1.82) is 0 Å². The van der Waals surface area contributed by atoms with Crippen molar-refractivity contribution in [3.63, 3.8) is 0 Å². The number of H-pyrrole nitrogens is 1. The van der Waals surface area contributed by atoms with Gasteiger partial charge in [0.25, 0.3) is 0 Å². The molecule has 5 aromatic rings. The topological polar surface area (TPSA) is 247 Å². The highest BCUT2D eigenvalue weighted by Gasteiger charge is 2.53. The molecule has 4 aromatic carbocycles. The van der Waals surface area contributed by atoms with Gasteiger partial charge in [0.1, 0.15) is 54.5 Å². The number of aliphatic carboxylic acids is 1. The number of carboxylic acid groups (broad SMARTS) is 1. The molecule has 4 aliphatic heterocycles. The number of hydrogen-bond donors (Lipinski definition) is 7. The molecule has 16 heteroatoms. The number of rotatable bonds is 10. The minimum absolute atomic E-state index is 0.115. The molecule has 16 nitrogen and oxygen atoms in total. The summed E-state index contributed by atoms with van der Waals surface area (Å²) in [5.74, 6) is 5.26. The van der Waals surface area contributed by atoms with Gasteiger partial charge in [-0.1, -0.05) is 66.4 Å². The molecule has 0 radical (unpaired) electrons. The SMILES string of the molecule is COc1ccc2c3c1OCCC#C[C@H](c1ccccc1)[C@H]1Oc4cc(O[C@@H]5O[C@H]([C@H](OC(=O)CC(=O)O)C(N)N)[C@@H](O)[C@H](O)[C@H]5O)cc(-c5c[nH]c6ccccc56)c4[C@H](O3)[C@H]21. The molecule has 0 spiro atoms. The lowest BCUT2D eigenvalue weighted by molar-refractivity contribution is -0.291. The van der Waals surface area contributed by atoms with Crippen molar-refractivity contribution in [2.75, 3.05) is 13.7 Å². The summed E-state index contributed by atoms with van der Waals surface area (Å²) in [5, 5.41) is 43.3. The van der Waals surface area contributed by atoms with E-state index in [0.29, 0.717) is 47.2 Å². The lowest BCUT2D eigenvalue weighted by Gasteiger charge is -2.43. The van der Waals surface area contributed by atoms with Gasteiger partial charge < -0.3 is 70.0 Å². The first-order chi connectivity index (χ1) is 29.5. The van der Waals surface area contributed by atoms with E-state index in [1.54, 1.807) is 19.2 Å². The van der Waals surface area contributed by atoms with Crippen LogP contribution in [0.2, 0.25) is 0 Å². The van der Waals surface area contributed by atoms with Gasteiger partial charge in [0, 0.05) is 46.3 Å². The minimum Gasteiger partial charge on any atom is -0.493 e. The van der Waals surface area contributed by atoms with Crippen molar-refractivity contribution in [3.05, 3.63) is 102 Å². The van der Waals surface area contributed by atoms with Gasteiger partial charge >= 0.3 is 11.9 Å². The Hall–Kier alpha value is -6.32. The van der Waals surface area contributed by atoms with Gasteiger partial charge in [0.05, 0.1) is 31.7 Å². The smallest absolute Gasteiger partial charge is 0.317 e. The molecule has 61 heavy (non-hydrogen) atoms. The van der Waals surface area contributed by atoms with Crippen LogP contribution in [-0.4, -0.2) is 100 Å². The standard InChI is InChI=1S/C45H43N3O13/c1-55-29-15-14-25-34-38-23(21-9-3-2-4-10-21)11-7-8-16-56-40(29)39(25)60-41(34)33-26(27-20-48-28-13-6-5-12-24(27)28)17-22(18-30(33)58-38)57-45-37(54)35(52)36(53)42(61-45)43(44(46)47)59-32(51)19-31(49)50/h2-6,9-10,12-15,17-18,20,23,34-38,41-45,48,52-54H,8,16,19,46-47H2,1H3,(H,49,50)/t23-,34-,35+,36+,37-,38-,41+,42+,43+,45-/m1/s1. The molecule has 4 aliphatic rings. The molecule has 0 aliphatic carbocycles. The fourth-order valence-corrected chi connectivity index (χ4v) is 8.73. The van der Waals surface area contributed by atoms with Crippen molar-refractivity contribution in [3.8, 4) is 51.7 Å². The number of carbonyl (C=O) groups is 2. The summed E-state index contributed by atoms with van der Waals surface area (Å²) in [6.07, 6.45) is -12.1. The van der Waals surface area contributed by atoms with Crippen LogP contribution in [0, 0.1) is 11.8 Å². The van der Waals surface area contributed by atoms with E-state index in [0.717, 1.165) is 27.6 Å². The number of carboxylic acids is 1. The summed E-state index contributed by atoms with van der Waals surface area (Å²) in [6.45, 7) is 0.299. The summed E-state index contributed by atoms with van der Waals surface area (Å²) < 4.78 is 43.9. The summed E-state index contributed by atoms with van der Waals surface area (Å²) in [7, 11) is 1.57. The number of esters is 1. The van der Waals surface area contributed by atoms with E-state index in [1.807, 2.05) is 72.9 Å². The highest BCUT2D eigenvalue weighted by Crippen LogP contribution is 2.62. The highest BCUT2D eigenvalue weighted by molar-refractivity contribution is 5.97. The Labute approximate surface area is 348 Å². The van der Waals surface area contributed by atoms with Crippen molar-refractivity contribution in [2.45, 2.75) is 79.9 Å². The number of aliphatic hydroxyl groups excluding tert-OH is 3. The van der Waals surface area contributed by atoms with E-state index in [4.69, 9.17) is 49.7 Å². The van der Waals surface area contributed by atoms with Gasteiger partial charge in [-0.15, -0.1) is 0 Å². The number of nitrogens with one attached hydrogen (secondary N) is 1. The third kappa shape index (κ3) is 7.24. The molecule has 0 amide bonds. The maximum Gasteiger partial charge on any atom is 0.317 e. The second kappa shape index (κ2) is 16.3. The maximum absolute atomic E-state index is 12.4. The lowest BCUT2D eigenvalue weighted by atomic mass is 9.75. The van der Waals surface area contributed by atoms with Crippen molar-refractivity contribution in [2.24, 2.45) is 11.5 Å². The number of aromatic amines is 1. The van der Waals surface area contributed by atoms with E-state index < -0.39 is 85.4 Å².